The van der Waals surface area contributed by atoms with Gasteiger partial charge in [0.05, 0.1) is 5.69 Å². The minimum Gasteiger partial charge on any atom is -0.268 e. The third kappa shape index (κ3) is 2.75. The van der Waals surface area contributed by atoms with Crippen LogP contribution in [0.1, 0.15) is 43.6 Å². The second kappa shape index (κ2) is 5.39. The summed E-state index contributed by atoms with van der Waals surface area (Å²) in [5.41, 5.74) is 3.14. The van der Waals surface area contributed by atoms with Gasteiger partial charge in [-0.1, -0.05) is 43.5 Å². The van der Waals surface area contributed by atoms with Gasteiger partial charge in [-0.25, -0.2) is 5.10 Å². The first-order valence-electron chi connectivity index (χ1n) is 6.99. The minimum absolute atomic E-state index is 0.164. The van der Waals surface area contributed by atoms with Gasteiger partial charge < -0.3 is 0 Å². The number of nitrogens with one attached hydrogen (secondary N) is 1. The van der Waals surface area contributed by atoms with E-state index in [1.165, 1.54) is 43.7 Å². The molecule has 0 amide bonds. The van der Waals surface area contributed by atoms with E-state index in [0.29, 0.717) is 0 Å². The fraction of sp³-hybridized carbons (Fsp3) is 0.375. The summed E-state index contributed by atoms with van der Waals surface area (Å²) in [6.45, 7) is 0. The van der Waals surface area contributed by atoms with Gasteiger partial charge in [0.2, 0.25) is 0 Å². The second-order valence-corrected chi connectivity index (χ2v) is 5.26. The van der Waals surface area contributed by atoms with Gasteiger partial charge in [0, 0.05) is 11.6 Å². The number of aromatic amines is 1. The molecule has 3 rings (SSSR count). The van der Waals surface area contributed by atoms with Crippen molar-refractivity contribution in [1.29, 1.82) is 0 Å². The molecule has 1 heterocycles. The van der Waals surface area contributed by atoms with Crippen molar-refractivity contribution in [3.63, 3.8) is 0 Å². The average molecular weight is 254 g/mol. The maximum atomic E-state index is 11.0. The van der Waals surface area contributed by atoms with Gasteiger partial charge in [-0.05, 0) is 30.4 Å². The lowest BCUT2D eigenvalue weighted by Crippen LogP contribution is -2.06. The van der Waals surface area contributed by atoms with Crippen molar-refractivity contribution in [2.75, 3.05) is 0 Å². The summed E-state index contributed by atoms with van der Waals surface area (Å²) in [4.78, 5) is 11.0. The lowest BCUT2D eigenvalue weighted by molar-refractivity contribution is 0.443. The summed E-state index contributed by atoms with van der Waals surface area (Å²) < 4.78 is 0. The molecule has 19 heavy (non-hydrogen) atoms. The van der Waals surface area contributed by atoms with Crippen molar-refractivity contribution in [2.45, 2.75) is 38.0 Å². The van der Waals surface area contributed by atoms with Gasteiger partial charge in [-0.3, -0.25) is 4.79 Å². The number of nitrogens with zero attached hydrogens (tertiary/aromatic N) is 1. The number of hydrogen-bond acceptors (Lipinski definition) is 2. The smallest absolute Gasteiger partial charge is 0.264 e. The molecule has 0 spiro atoms. The molecule has 0 atom stereocenters. The van der Waals surface area contributed by atoms with Crippen LogP contribution >= 0.6 is 0 Å². The van der Waals surface area contributed by atoms with Gasteiger partial charge >= 0.3 is 0 Å². The standard InChI is InChI=1S/C16H18N2O/c19-16-11-10-15(17-18-16)14-8-6-13(7-9-14)12-4-2-1-3-5-12/h6-12H,1-5H2,(H,18,19). The molecule has 0 aliphatic heterocycles. The minimum atomic E-state index is -0.164. The summed E-state index contributed by atoms with van der Waals surface area (Å²) in [5.74, 6) is 0.728. The molecule has 1 aliphatic carbocycles. The zero-order chi connectivity index (χ0) is 13.1. The SMILES string of the molecule is O=c1ccc(-c2ccc(C3CCCCC3)cc2)n[nH]1. The maximum Gasteiger partial charge on any atom is 0.264 e. The summed E-state index contributed by atoms with van der Waals surface area (Å²) in [6.07, 6.45) is 6.73. The fourth-order valence-electron chi connectivity index (χ4n) is 2.87. The molecule has 3 nitrogen and oxygen atoms in total. The molecule has 1 aromatic carbocycles. The van der Waals surface area contributed by atoms with Gasteiger partial charge in [0.25, 0.3) is 5.56 Å². The van der Waals surface area contributed by atoms with Crippen LogP contribution < -0.4 is 5.56 Å². The van der Waals surface area contributed by atoms with Gasteiger partial charge in [0.1, 0.15) is 0 Å². The van der Waals surface area contributed by atoms with Crippen LogP contribution in [-0.2, 0) is 0 Å². The van der Waals surface area contributed by atoms with E-state index in [-0.39, 0.29) is 5.56 Å². The van der Waals surface area contributed by atoms with Crippen LogP contribution in [0.3, 0.4) is 0 Å². The largest absolute Gasteiger partial charge is 0.268 e. The first-order chi connectivity index (χ1) is 9.33. The molecule has 1 saturated carbocycles. The van der Waals surface area contributed by atoms with E-state index in [1.54, 1.807) is 6.07 Å². The Balaban J connectivity index is 1.82. The molecule has 98 valence electrons. The van der Waals surface area contributed by atoms with Crippen molar-refractivity contribution in [3.8, 4) is 11.3 Å². The molecule has 2 aromatic rings. The number of benzene rings is 1. The third-order valence-electron chi connectivity index (χ3n) is 3.96. The zero-order valence-electron chi connectivity index (χ0n) is 10.9. The molecule has 3 heteroatoms. The highest BCUT2D eigenvalue weighted by Crippen LogP contribution is 2.33. The number of hydrogen-bond donors (Lipinski definition) is 1. The molecule has 0 saturated heterocycles. The summed E-state index contributed by atoms with van der Waals surface area (Å²) in [6, 6.07) is 11.9. The summed E-state index contributed by atoms with van der Waals surface area (Å²) >= 11 is 0. The van der Waals surface area contributed by atoms with Crippen LogP contribution in [0, 0.1) is 0 Å². The summed E-state index contributed by atoms with van der Waals surface area (Å²) in [5, 5.41) is 6.52. The Hall–Kier alpha value is -1.90. The lowest BCUT2D eigenvalue weighted by atomic mass is 9.84. The Kier molecular flexibility index (Phi) is 3.45. The van der Waals surface area contributed by atoms with E-state index in [9.17, 15) is 4.79 Å². The molecule has 1 aliphatic rings. The third-order valence-corrected chi connectivity index (χ3v) is 3.96. The van der Waals surface area contributed by atoms with Crippen LogP contribution in [0.15, 0.2) is 41.2 Å². The Labute approximate surface area is 112 Å². The molecule has 0 radical (unpaired) electrons. The maximum absolute atomic E-state index is 11.0. The van der Waals surface area contributed by atoms with E-state index in [1.807, 2.05) is 0 Å². The monoisotopic (exact) mass is 254 g/mol. The van der Waals surface area contributed by atoms with Crippen molar-refractivity contribution in [3.05, 3.63) is 52.3 Å². The van der Waals surface area contributed by atoms with Crippen molar-refractivity contribution in [2.24, 2.45) is 0 Å². The van der Waals surface area contributed by atoms with Gasteiger partial charge in [-0.2, -0.15) is 5.10 Å². The first kappa shape index (κ1) is 12.2. The Morgan fingerprint density at radius 1 is 0.947 bits per heavy atom. The Morgan fingerprint density at radius 2 is 1.68 bits per heavy atom. The Bertz CT molecular complexity index is 574. The van der Waals surface area contributed by atoms with Crippen LogP contribution in [0.4, 0.5) is 0 Å². The highest BCUT2D eigenvalue weighted by molar-refractivity contribution is 5.58. The van der Waals surface area contributed by atoms with E-state index in [2.05, 4.69) is 34.5 Å². The lowest BCUT2D eigenvalue weighted by Gasteiger charge is -2.22. The highest BCUT2D eigenvalue weighted by atomic mass is 16.1. The summed E-state index contributed by atoms with van der Waals surface area (Å²) in [7, 11) is 0. The van der Waals surface area contributed by atoms with Crippen LogP contribution in [0.25, 0.3) is 11.3 Å². The first-order valence-corrected chi connectivity index (χ1v) is 6.99. The second-order valence-electron chi connectivity index (χ2n) is 5.26. The van der Waals surface area contributed by atoms with Gasteiger partial charge in [0.15, 0.2) is 0 Å². The van der Waals surface area contributed by atoms with E-state index >= 15 is 0 Å². The topological polar surface area (TPSA) is 45.8 Å². The van der Waals surface area contributed by atoms with E-state index < -0.39 is 0 Å². The average Bonchev–Trinajstić information content (AvgIpc) is 2.49. The normalized spacial score (nSPS) is 16.4. The van der Waals surface area contributed by atoms with Crippen LogP contribution in [0.5, 0.6) is 0 Å². The number of aromatic nitrogens is 2. The van der Waals surface area contributed by atoms with Crippen LogP contribution in [0.2, 0.25) is 0 Å². The van der Waals surface area contributed by atoms with E-state index in [0.717, 1.165) is 17.2 Å². The molecule has 1 fully saturated rings. The van der Waals surface area contributed by atoms with Crippen molar-refractivity contribution >= 4 is 0 Å². The van der Waals surface area contributed by atoms with Crippen LogP contribution in [-0.4, -0.2) is 10.2 Å². The molecular formula is C16H18N2O. The molecule has 1 aromatic heterocycles. The number of rotatable bonds is 2. The molecular weight excluding hydrogens is 236 g/mol. The molecule has 0 unspecified atom stereocenters. The van der Waals surface area contributed by atoms with Crippen molar-refractivity contribution in [1.82, 2.24) is 10.2 Å². The van der Waals surface area contributed by atoms with Crippen molar-refractivity contribution < 1.29 is 0 Å². The Morgan fingerprint density at radius 3 is 2.32 bits per heavy atom. The zero-order valence-corrected chi connectivity index (χ0v) is 10.9. The fourth-order valence-corrected chi connectivity index (χ4v) is 2.87. The van der Waals surface area contributed by atoms with E-state index in [4.69, 9.17) is 0 Å². The van der Waals surface area contributed by atoms with Gasteiger partial charge in [-0.15, -0.1) is 0 Å². The predicted molar refractivity (Wildman–Crippen MR) is 76.1 cm³/mol. The molecule has 1 N–H and O–H groups in total. The highest BCUT2D eigenvalue weighted by Gasteiger charge is 2.15. The predicted octanol–water partition coefficient (Wildman–Crippen LogP) is 3.48. The molecule has 0 bridgehead atoms. The number of H-pyrrole nitrogens is 1. The quantitative estimate of drug-likeness (QED) is 0.891.